The molecule has 0 saturated carbocycles. The van der Waals surface area contributed by atoms with Crippen molar-refractivity contribution in [1.29, 1.82) is 0 Å². The van der Waals surface area contributed by atoms with Crippen molar-refractivity contribution in [2.24, 2.45) is 5.73 Å². The number of halogens is 1. The monoisotopic (exact) mass is 259 g/mol. The summed E-state index contributed by atoms with van der Waals surface area (Å²) >= 11 is 0. The first-order valence-corrected chi connectivity index (χ1v) is 6.34. The van der Waals surface area contributed by atoms with Gasteiger partial charge in [-0.05, 0) is 55.6 Å². The summed E-state index contributed by atoms with van der Waals surface area (Å²) in [6, 6.07) is 10.8. The summed E-state index contributed by atoms with van der Waals surface area (Å²) in [7, 11) is 0. The van der Waals surface area contributed by atoms with Crippen molar-refractivity contribution in [2.45, 2.75) is 20.3 Å². The van der Waals surface area contributed by atoms with Crippen molar-refractivity contribution >= 4 is 0 Å². The van der Waals surface area contributed by atoms with E-state index in [4.69, 9.17) is 10.5 Å². The lowest BCUT2D eigenvalue weighted by molar-refractivity contribution is 0.472. The maximum Gasteiger partial charge on any atom is 0.130 e. The van der Waals surface area contributed by atoms with E-state index < -0.39 is 0 Å². The summed E-state index contributed by atoms with van der Waals surface area (Å²) in [5, 5.41) is 0. The summed E-state index contributed by atoms with van der Waals surface area (Å²) in [6.45, 7) is 4.33. The number of nitrogens with two attached hydrogens (primary N) is 1. The molecule has 0 aliphatic heterocycles. The molecular weight excluding hydrogens is 241 g/mol. The highest BCUT2D eigenvalue weighted by Crippen LogP contribution is 2.27. The number of hydrogen-bond donors (Lipinski definition) is 1. The Hall–Kier alpha value is -1.87. The number of aryl methyl sites for hydroxylation is 2. The molecule has 0 saturated heterocycles. The fourth-order valence-electron chi connectivity index (χ4n) is 1.91. The van der Waals surface area contributed by atoms with E-state index in [0.29, 0.717) is 17.9 Å². The SMILES string of the molecule is Cc1ccc(Oc2ccc(CCN)cc2C)cc1F. The zero-order valence-corrected chi connectivity index (χ0v) is 11.2. The third-order valence-electron chi connectivity index (χ3n) is 3.04. The van der Waals surface area contributed by atoms with Crippen LogP contribution in [0.1, 0.15) is 16.7 Å². The fourth-order valence-corrected chi connectivity index (χ4v) is 1.91. The van der Waals surface area contributed by atoms with Crippen LogP contribution in [0.15, 0.2) is 36.4 Å². The van der Waals surface area contributed by atoms with Gasteiger partial charge in [0.25, 0.3) is 0 Å². The third kappa shape index (κ3) is 3.32. The van der Waals surface area contributed by atoms with E-state index in [0.717, 1.165) is 17.7 Å². The lowest BCUT2D eigenvalue weighted by atomic mass is 10.1. The van der Waals surface area contributed by atoms with E-state index in [9.17, 15) is 4.39 Å². The summed E-state index contributed by atoms with van der Waals surface area (Å²) in [5.74, 6) is 0.997. The second-order valence-electron chi connectivity index (χ2n) is 4.65. The smallest absolute Gasteiger partial charge is 0.130 e. The Kier molecular flexibility index (Phi) is 4.17. The minimum atomic E-state index is -0.255. The number of ether oxygens (including phenoxy) is 1. The quantitative estimate of drug-likeness (QED) is 0.907. The van der Waals surface area contributed by atoms with Crippen molar-refractivity contribution in [2.75, 3.05) is 6.54 Å². The van der Waals surface area contributed by atoms with Gasteiger partial charge in [-0.1, -0.05) is 18.2 Å². The van der Waals surface area contributed by atoms with Crippen molar-refractivity contribution in [3.8, 4) is 11.5 Å². The van der Waals surface area contributed by atoms with Gasteiger partial charge in [-0.15, -0.1) is 0 Å². The molecule has 100 valence electrons. The highest BCUT2D eigenvalue weighted by atomic mass is 19.1. The average Bonchev–Trinajstić information content (AvgIpc) is 2.37. The van der Waals surface area contributed by atoms with E-state index in [1.807, 2.05) is 25.1 Å². The van der Waals surface area contributed by atoms with Crippen LogP contribution in [-0.4, -0.2) is 6.54 Å². The molecule has 0 heterocycles. The number of hydrogen-bond acceptors (Lipinski definition) is 2. The molecule has 19 heavy (non-hydrogen) atoms. The molecule has 2 N–H and O–H groups in total. The Labute approximate surface area is 113 Å². The maximum atomic E-state index is 13.5. The minimum absolute atomic E-state index is 0.255. The molecule has 0 radical (unpaired) electrons. The van der Waals surface area contributed by atoms with Crippen LogP contribution >= 0.6 is 0 Å². The molecule has 0 amide bonds. The summed E-state index contributed by atoms with van der Waals surface area (Å²) in [5.41, 5.74) is 8.35. The molecular formula is C16H18FNO. The fraction of sp³-hybridized carbons (Fsp3) is 0.250. The van der Waals surface area contributed by atoms with Gasteiger partial charge in [-0.2, -0.15) is 0 Å². The van der Waals surface area contributed by atoms with Gasteiger partial charge in [0.05, 0.1) is 0 Å². The maximum absolute atomic E-state index is 13.5. The number of rotatable bonds is 4. The predicted molar refractivity (Wildman–Crippen MR) is 75.1 cm³/mol. The zero-order chi connectivity index (χ0) is 13.8. The standard InChI is InChI=1S/C16H18FNO/c1-11-3-5-14(10-15(11)17)19-16-6-4-13(7-8-18)9-12(16)2/h3-6,9-10H,7-8,18H2,1-2H3. The van der Waals surface area contributed by atoms with Crippen LogP contribution in [0, 0.1) is 19.7 Å². The van der Waals surface area contributed by atoms with E-state index in [1.165, 1.54) is 11.6 Å². The highest BCUT2D eigenvalue weighted by Gasteiger charge is 2.05. The van der Waals surface area contributed by atoms with Crippen LogP contribution in [0.5, 0.6) is 11.5 Å². The molecule has 0 fully saturated rings. The molecule has 2 nitrogen and oxygen atoms in total. The Balaban J connectivity index is 2.20. The minimum Gasteiger partial charge on any atom is -0.457 e. The largest absolute Gasteiger partial charge is 0.457 e. The first-order chi connectivity index (χ1) is 9.10. The highest BCUT2D eigenvalue weighted by molar-refractivity contribution is 5.40. The van der Waals surface area contributed by atoms with Gasteiger partial charge in [-0.25, -0.2) is 4.39 Å². The second-order valence-corrected chi connectivity index (χ2v) is 4.65. The molecule has 0 bridgehead atoms. The Morgan fingerprint density at radius 1 is 1.05 bits per heavy atom. The lowest BCUT2D eigenvalue weighted by Gasteiger charge is -2.10. The van der Waals surface area contributed by atoms with E-state index in [1.54, 1.807) is 19.1 Å². The Morgan fingerprint density at radius 2 is 1.84 bits per heavy atom. The topological polar surface area (TPSA) is 35.2 Å². The molecule has 0 unspecified atom stereocenters. The molecule has 2 rings (SSSR count). The summed E-state index contributed by atoms with van der Waals surface area (Å²) in [6.07, 6.45) is 0.847. The van der Waals surface area contributed by atoms with Gasteiger partial charge >= 0.3 is 0 Å². The molecule has 2 aromatic carbocycles. The van der Waals surface area contributed by atoms with Gasteiger partial charge in [0.1, 0.15) is 17.3 Å². The van der Waals surface area contributed by atoms with E-state index in [2.05, 4.69) is 0 Å². The summed E-state index contributed by atoms with van der Waals surface area (Å²) < 4.78 is 19.2. The van der Waals surface area contributed by atoms with Gasteiger partial charge in [0.15, 0.2) is 0 Å². The Morgan fingerprint density at radius 3 is 2.47 bits per heavy atom. The van der Waals surface area contributed by atoms with Crippen LogP contribution in [0.4, 0.5) is 4.39 Å². The van der Waals surface area contributed by atoms with Crippen LogP contribution in [0.3, 0.4) is 0 Å². The van der Waals surface area contributed by atoms with Crippen molar-refractivity contribution in [3.63, 3.8) is 0 Å². The van der Waals surface area contributed by atoms with Gasteiger partial charge in [0, 0.05) is 6.07 Å². The van der Waals surface area contributed by atoms with Crippen LogP contribution < -0.4 is 10.5 Å². The van der Waals surface area contributed by atoms with Crippen LogP contribution in [0.25, 0.3) is 0 Å². The molecule has 0 aromatic heterocycles. The number of benzene rings is 2. The van der Waals surface area contributed by atoms with Crippen LogP contribution in [-0.2, 0) is 6.42 Å². The lowest BCUT2D eigenvalue weighted by Crippen LogP contribution is -2.02. The Bertz CT molecular complexity index is 581. The van der Waals surface area contributed by atoms with Gasteiger partial charge in [0.2, 0.25) is 0 Å². The zero-order valence-electron chi connectivity index (χ0n) is 11.2. The van der Waals surface area contributed by atoms with Gasteiger partial charge < -0.3 is 10.5 Å². The molecule has 0 atom stereocenters. The third-order valence-corrected chi connectivity index (χ3v) is 3.04. The van der Waals surface area contributed by atoms with E-state index >= 15 is 0 Å². The molecule has 0 spiro atoms. The van der Waals surface area contributed by atoms with Crippen molar-refractivity contribution in [1.82, 2.24) is 0 Å². The van der Waals surface area contributed by atoms with Gasteiger partial charge in [-0.3, -0.25) is 0 Å². The average molecular weight is 259 g/mol. The predicted octanol–water partition coefficient (Wildman–Crippen LogP) is 3.74. The van der Waals surface area contributed by atoms with Crippen LogP contribution in [0.2, 0.25) is 0 Å². The normalized spacial score (nSPS) is 10.5. The van der Waals surface area contributed by atoms with E-state index in [-0.39, 0.29) is 5.82 Å². The molecule has 0 aliphatic carbocycles. The first kappa shape index (κ1) is 13.6. The van der Waals surface area contributed by atoms with Crippen molar-refractivity contribution < 1.29 is 9.13 Å². The molecule has 2 aromatic rings. The first-order valence-electron chi connectivity index (χ1n) is 6.34. The van der Waals surface area contributed by atoms with Crippen molar-refractivity contribution in [3.05, 3.63) is 58.9 Å². The second kappa shape index (κ2) is 5.85. The molecule has 3 heteroatoms. The molecule has 0 aliphatic rings. The summed E-state index contributed by atoms with van der Waals surface area (Å²) in [4.78, 5) is 0.